The summed E-state index contributed by atoms with van der Waals surface area (Å²) >= 11 is 0. The summed E-state index contributed by atoms with van der Waals surface area (Å²) in [5.41, 5.74) is 6.76. The smallest absolute Gasteiger partial charge is 0.236 e. The molecular formula is C36H37N5O3. The van der Waals surface area contributed by atoms with Gasteiger partial charge in [-0.1, -0.05) is 36.4 Å². The van der Waals surface area contributed by atoms with Gasteiger partial charge in [-0.3, -0.25) is 4.57 Å². The van der Waals surface area contributed by atoms with Crippen LogP contribution >= 0.6 is 0 Å². The molecule has 224 valence electrons. The maximum atomic E-state index is 9.80. The fraction of sp³-hybridized carbons (Fsp3) is 0.306. The lowest BCUT2D eigenvalue weighted by atomic mass is 9.93. The third-order valence-electron chi connectivity index (χ3n) is 8.29. The summed E-state index contributed by atoms with van der Waals surface area (Å²) in [6.45, 7) is 5.87. The maximum Gasteiger partial charge on any atom is 0.236 e. The predicted molar refractivity (Wildman–Crippen MR) is 171 cm³/mol. The molecule has 1 aliphatic carbocycles. The molecule has 1 unspecified atom stereocenters. The van der Waals surface area contributed by atoms with Gasteiger partial charge in [-0.25, -0.2) is 4.98 Å². The molecular weight excluding hydrogens is 550 g/mol. The van der Waals surface area contributed by atoms with Gasteiger partial charge in [0.2, 0.25) is 5.95 Å². The molecule has 0 spiro atoms. The first-order valence-electron chi connectivity index (χ1n) is 15.1. The van der Waals surface area contributed by atoms with Crippen LogP contribution in [0, 0.1) is 18.3 Å². The van der Waals surface area contributed by atoms with Crippen molar-refractivity contribution in [3.63, 3.8) is 0 Å². The Labute approximate surface area is 258 Å². The quantitative estimate of drug-likeness (QED) is 0.170. The number of methoxy groups -OCH3 is 2. The van der Waals surface area contributed by atoms with Gasteiger partial charge in [0.15, 0.2) is 0 Å². The van der Waals surface area contributed by atoms with Gasteiger partial charge in [0.1, 0.15) is 17.3 Å². The molecule has 44 heavy (non-hydrogen) atoms. The molecule has 0 amide bonds. The fourth-order valence-electron chi connectivity index (χ4n) is 6.23. The van der Waals surface area contributed by atoms with Crippen LogP contribution < -0.4 is 14.4 Å². The molecule has 0 fully saturated rings. The number of hydrogen-bond acceptors (Lipinski definition) is 7. The molecule has 5 aromatic rings. The van der Waals surface area contributed by atoms with Crippen LogP contribution in [-0.4, -0.2) is 35.4 Å². The van der Waals surface area contributed by atoms with Crippen molar-refractivity contribution in [2.45, 2.75) is 52.3 Å². The molecule has 0 bridgehead atoms. The van der Waals surface area contributed by atoms with Crippen LogP contribution in [0.2, 0.25) is 0 Å². The minimum Gasteiger partial charge on any atom is -0.497 e. The number of rotatable bonds is 10. The number of aromatic nitrogens is 3. The van der Waals surface area contributed by atoms with Crippen LogP contribution in [0.25, 0.3) is 16.9 Å². The number of ether oxygens (including phenoxy) is 3. The van der Waals surface area contributed by atoms with Gasteiger partial charge in [-0.2, -0.15) is 10.2 Å². The number of nitriles is 1. The van der Waals surface area contributed by atoms with Crippen LogP contribution in [0.15, 0.2) is 72.8 Å². The van der Waals surface area contributed by atoms with E-state index in [1.54, 1.807) is 14.2 Å². The Balaban J connectivity index is 1.57. The Kier molecular flexibility index (Phi) is 8.49. The van der Waals surface area contributed by atoms with E-state index in [9.17, 15) is 5.26 Å². The first kappa shape index (κ1) is 29.2. The molecule has 8 nitrogen and oxygen atoms in total. The molecule has 3 aromatic carbocycles. The van der Waals surface area contributed by atoms with Gasteiger partial charge < -0.3 is 19.1 Å². The van der Waals surface area contributed by atoms with Crippen molar-refractivity contribution >= 4 is 16.7 Å². The fourth-order valence-corrected chi connectivity index (χ4v) is 6.23. The van der Waals surface area contributed by atoms with Crippen molar-refractivity contribution in [2.75, 3.05) is 25.7 Å². The number of hydrogen-bond donors (Lipinski definition) is 0. The highest BCUT2D eigenvalue weighted by Crippen LogP contribution is 2.39. The van der Waals surface area contributed by atoms with Crippen LogP contribution in [-0.2, 0) is 24.2 Å². The Morgan fingerprint density at radius 1 is 0.977 bits per heavy atom. The average molecular weight is 588 g/mol. The number of fused-ring (bicyclic) bond motifs is 2. The standard InChI is InChI=1S/C36H37N5O3/c1-5-44-32-16-10-14-29-34(32)38-36(41-24(2)19-30-26(21-37)13-9-15-31(30)41)39-35(29)40(22-25-11-7-6-8-12-25)23-27-17-18-28(42-3)20-33(27)43-4/h6-9,11-13,15,17-20,32H,5,10,14,16,22-23H2,1-4H3. The summed E-state index contributed by atoms with van der Waals surface area (Å²) in [7, 11) is 3.35. The topological polar surface area (TPSA) is 85.4 Å². The Bertz CT molecular complexity index is 1830. The monoisotopic (exact) mass is 587 g/mol. The SMILES string of the molecule is CCOC1CCCc2c1nc(-n1c(C)cc3c(C#N)cccc31)nc2N(Cc1ccccc1)Cc1ccc(OC)cc1OC. The predicted octanol–water partition coefficient (Wildman–Crippen LogP) is 7.24. The van der Waals surface area contributed by atoms with Crippen molar-refractivity contribution in [1.82, 2.24) is 14.5 Å². The van der Waals surface area contributed by atoms with Crippen LogP contribution in [0.3, 0.4) is 0 Å². The molecule has 0 saturated carbocycles. The molecule has 8 heteroatoms. The third-order valence-corrected chi connectivity index (χ3v) is 8.29. The highest BCUT2D eigenvalue weighted by atomic mass is 16.5. The minimum absolute atomic E-state index is 0.116. The van der Waals surface area contributed by atoms with Gasteiger partial charge in [0.25, 0.3) is 0 Å². The molecule has 0 N–H and O–H groups in total. The molecule has 0 radical (unpaired) electrons. The van der Waals surface area contributed by atoms with E-state index in [4.69, 9.17) is 24.2 Å². The van der Waals surface area contributed by atoms with Crippen molar-refractivity contribution in [3.05, 3.63) is 106 Å². The maximum absolute atomic E-state index is 9.80. The Morgan fingerprint density at radius 2 is 1.82 bits per heavy atom. The molecule has 6 rings (SSSR count). The summed E-state index contributed by atoms with van der Waals surface area (Å²) in [6, 6.07) is 26.6. The zero-order valence-electron chi connectivity index (χ0n) is 25.7. The van der Waals surface area contributed by atoms with Gasteiger partial charge >= 0.3 is 0 Å². The molecule has 2 heterocycles. The van der Waals surface area contributed by atoms with E-state index < -0.39 is 0 Å². The van der Waals surface area contributed by atoms with Crippen molar-refractivity contribution in [1.29, 1.82) is 5.26 Å². The zero-order chi connectivity index (χ0) is 30.6. The average Bonchev–Trinajstić information content (AvgIpc) is 3.40. The summed E-state index contributed by atoms with van der Waals surface area (Å²) in [5, 5.41) is 10.7. The highest BCUT2D eigenvalue weighted by Gasteiger charge is 2.30. The number of anilines is 1. The van der Waals surface area contributed by atoms with Gasteiger partial charge in [-0.15, -0.1) is 0 Å². The second-order valence-electron chi connectivity index (χ2n) is 11.0. The van der Waals surface area contributed by atoms with E-state index in [0.717, 1.165) is 70.0 Å². The van der Waals surface area contributed by atoms with E-state index in [1.165, 1.54) is 5.56 Å². The largest absolute Gasteiger partial charge is 0.497 e. The molecule has 0 aliphatic heterocycles. The first-order chi connectivity index (χ1) is 21.5. The minimum atomic E-state index is -0.116. The first-order valence-corrected chi connectivity index (χ1v) is 15.1. The van der Waals surface area contributed by atoms with Crippen molar-refractivity contribution in [3.8, 4) is 23.5 Å². The third kappa shape index (κ3) is 5.59. The van der Waals surface area contributed by atoms with E-state index in [-0.39, 0.29) is 6.10 Å². The van der Waals surface area contributed by atoms with Crippen LogP contribution in [0.5, 0.6) is 11.5 Å². The molecule has 2 aromatic heterocycles. The summed E-state index contributed by atoms with van der Waals surface area (Å²) in [6.07, 6.45) is 2.65. The van der Waals surface area contributed by atoms with Crippen molar-refractivity contribution in [2.24, 2.45) is 0 Å². The van der Waals surface area contributed by atoms with E-state index in [1.807, 2.05) is 56.3 Å². The number of benzene rings is 3. The zero-order valence-corrected chi connectivity index (χ0v) is 25.7. The summed E-state index contributed by atoms with van der Waals surface area (Å²) in [5.74, 6) is 2.96. The van der Waals surface area contributed by atoms with E-state index >= 15 is 0 Å². The van der Waals surface area contributed by atoms with Crippen LogP contribution in [0.4, 0.5) is 5.82 Å². The normalized spacial score (nSPS) is 14.2. The highest BCUT2D eigenvalue weighted by molar-refractivity contribution is 5.88. The van der Waals surface area contributed by atoms with Gasteiger partial charge in [0.05, 0.1) is 43.2 Å². The number of nitrogens with zero attached hydrogens (tertiary/aromatic N) is 5. The summed E-state index contributed by atoms with van der Waals surface area (Å²) in [4.78, 5) is 12.9. The van der Waals surface area contributed by atoms with E-state index in [0.29, 0.717) is 31.2 Å². The second kappa shape index (κ2) is 12.8. The lowest BCUT2D eigenvalue weighted by molar-refractivity contribution is 0.0466. The molecule has 1 aliphatic rings. The second-order valence-corrected chi connectivity index (χ2v) is 11.0. The van der Waals surface area contributed by atoms with Gasteiger partial charge in [-0.05, 0) is 69.0 Å². The summed E-state index contributed by atoms with van der Waals surface area (Å²) < 4.78 is 19.6. The Morgan fingerprint density at radius 3 is 2.57 bits per heavy atom. The lowest BCUT2D eigenvalue weighted by Crippen LogP contribution is -2.28. The number of aryl methyl sites for hydroxylation is 1. The van der Waals surface area contributed by atoms with Crippen LogP contribution in [0.1, 0.15) is 59.5 Å². The molecule has 0 saturated heterocycles. The molecule has 1 atom stereocenters. The van der Waals surface area contributed by atoms with E-state index in [2.05, 4.69) is 45.9 Å². The van der Waals surface area contributed by atoms with Gasteiger partial charge in [0, 0.05) is 48.0 Å². The van der Waals surface area contributed by atoms with Crippen molar-refractivity contribution < 1.29 is 14.2 Å². The lowest BCUT2D eigenvalue weighted by Gasteiger charge is -2.32. The Hall–Kier alpha value is -4.87.